The maximum Gasteiger partial charge on any atom is 0.128 e. The van der Waals surface area contributed by atoms with E-state index in [4.69, 9.17) is 16.3 Å². The van der Waals surface area contributed by atoms with Crippen LogP contribution in [0.1, 0.15) is 0 Å². The van der Waals surface area contributed by atoms with Crippen molar-refractivity contribution < 1.29 is 4.74 Å². The SMILES string of the molecule is Clc1cccc(Oc2cc[c]cc2)c1. The van der Waals surface area contributed by atoms with Gasteiger partial charge in [-0.2, -0.15) is 0 Å². The Labute approximate surface area is 87.9 Å². The highest BCUT2D eigenvalue weighted by Crippen LogP contribution is 2.23. The fraction of sp³-hybridized carbons (Fsp3) is 0. The number of benzene rings is 2. The predicted octanol–water partition coefficient (Wildman–Crippen LogP) is 3.93. The topological polar surface area (TPSA) is 9.23 Å². The fourth-order valence-electron chi connectivity index (χ4n) is 1.11. The molecule has 2 heteroatoms. The largest absolute Gasteiger partial charge is 0.457 e. The van der Waals surface area contributed by atoms with E-state index < -0.39 is 0 Å². The average Bonchev–Trinajstić information content (AvgIpc) is 2.19. The van der Waals surface area contributed by atoms with Gasteiger partial charge >= 0.3 is 0 Å². The van der Waals surface area contributed by atoms with E-state index in [1.807, 2.05) is 30.3 Å². The first kappa shape index (κ1) is 9.10. The molecule has 0 atom stereocenters. The van der Waals surface area contributed by atoms with Gasteiger partial charge in [-0.05, 0) is 36.4 Å². The zero-order valence-corrected chi connectivity index (χ0v) is 8.16. The van der Waals surface area contributed by atoms with Crippen LogP contribution < -0.4 is 4.74 Å². The van der Waals surface area contributed by atoms with Gasteiger partial charge in [-0.1, -0.05) is 29.8 Å². The van der Waals surface area contributed by atoms with Crippen molar-refractivity contribution >= 4 is 11.6 Å². The van der Waals surface area contributed by atoms with Crippen molar-refractivity contribution in [2.45, 2.75) is 0 Å². The summed E-state index contributed by atoms with van der Waals surface area (Å²) in [6.45, 7) is 0. The second-order valence-corrected chi connectivity index (χ2v) is 3.23. The molecule has 0 heterocycles. The molecule has 1 nitrogen and oxygen atoms in total. The third kappa shape index (κ3) is 2.27. The molecule has 0 aliphatic rings. The van der Waals surface area contributed by atoms with Gasteiger partial charge in [-0.3, -0.25) is 0 Å². The molecular weight excluding hydrogens is 196 g/mol. The van der Waals surface area contributed by atoms with Gasteiger partial charge in [-0.15, -0.1) is 0 Å². The summed E-state index contributed by atoms with van der Waals surface area (Å²) in [5.41, 5.74) is 0. The molecule has 14 heavy (non-hydrogen) atoms. The third-order valence-electron chi connectivity index (χ3n) is 1.72. The number of halogens is 1. The number of hydrogen-bond acceptors (Lipinski definition) is 1. The minimum Gasteiger partial charge on any atom is -0.457 e. The number of rotatable bonds is 2. The zero-order valence-electron chi connectivity index (χ0n) is 7.41. The smallest absolute Gasteiger partial charge is 0.128 e. The molecule has 0 aromatic heterocycles. The molecule has 0 saturated heterocycles. The average molecular weight is 204 g/mol. The van der Waals surface area contributed by atoms with Crippen LogP contribution in [0.2, 0.25) is 5.02 Å². The van der Waals surface area contributed by atoms with E-state index in [-0.39, 0.29) is 0 Å². The van der Waals surface area contributed by atoms with E-state index in [0.29, 0.717) is 5.02 Å². The van der Waals surface area contributed by atoms with Gasteiger partial charge in [0.25, 0.3) is 0 Å². The lowest BCUT2D eigenvalue weighted by Gasteiger charge is -2.04. The number of ether oxygens (including phenoxy) is 1. The summed E-state index contributed by atoms with van der Waals surface area (Å²) < 4.78 is 5.55. The van der Waals surface area contributed by atoms with Gasteiger partial charge < -0.3 is 4.74 Å². The maximum absolute atomic E-state index is 5.82. The number of hydrogen-bond donors (Lipinski definition) is 0. The highest BCUT2D eigenvalue weighted by atomic mass is 35.5. The molecular formula is C12H8ClO. The van der Waals surface area contributed by atoms with E-state index in [1.54, 1.807) is 18.2 Å². The molecule has 0 spiro atoms. The summed E-state index contributed by atoms with van der Waals surface area (Å²) >= 11 is 5.82. The van der Waals surface area contributed by atoms with E-state index in [2.05, 4.69) is 6.07 Å². The summed E-state index contributed by atoms with van der Waals surface area (Å²) in [7, 11) is 0. The molecule has 0 aliphatic carbocycles. The van der Waals surface area contributed by atoms with Crippen molar-refractivity contribution in [2.24, 2.45) is 0 Å². The van der Waals surface area contributed by atoms with E-state index in [1.165, 1.54) is 0 Å². The van der Waals surface area contributed by atoms with Crippen LogP contribution in [0.4, 0.5) is 0 Å². The molecule has 0 N–H and O–H groups in total. The van der Waals surface area contributed by atoms with Crippen LogP contribution in [0.15, 0.2) is 48.5 Å². The molecule has 0 bridgehead atoms. The van der Waals surface area contributed by atoms with E-state index in [0.717, 1.165) is 11.5 Å². The Hall–Kier alpha value is -1.47. The Bertz CT molecular complexity index is 412. The third-order valence-corrected chi connectivity index (χ3v) is 1.95. The van der Waals surface area contributed by atoms with Crippen LogP contribution in [-0.2, 0) is 0 Å². The Morgan fingerprint density at radius 1 is 1.00 bits per heavy atom. The minimum atomic E-state index is 0.671. The van der Waals surface area contributed by atoms with Gasteiger partial charge in [0, 0.05) is 5.02 Å². The Morgan fingerprint density at radius 2 is 1.79 bits per heavy atom. The Morgan fingerprint density at radius 3 is 2.50 bits per heavy atom. The Balaban J connectivity index is 2.19. The molecule has 0 fully saturated rings. The van der Waals surface area contributed by atoms with Crippen LogP contribution in [0.25, 0.3) is 0 Å². The highest BCUT2D eigenvalue weighted by Gasteiger charge is 1.96. The van der Waals surface area contributed by atoms with Crippen LogP contribution in [0.3, 0.4) is 0 Å². The monoisotopic (exact) mass is 203 g/mol. The van der Waals surface area contributed by atoms with Crippen LogP contribution in [0, 0.1) is 6.07 Å². The lowest BCUT2D eigenvalue weighted by Crippen LogP contribution is -1.82. The summed E-state index contributed by atoms with van der Waals surface area (Å²) in [5.74, 6) is 1.52. The molecule has 2 aromatic rings. The molecule has 0 aliphatic heterocycles. The van der Waals surface area contributed by atoms with Crippen molar-refractivity contribution in [1.29, 1.82) is 0 Å². The molecule has 0 saturated carbocycles. The first-order valence-electron chi connectivity index (χ1n) is 4.24. The van der Waals surface area contributed by atoms with Crippen LogP contribution >= 0.6 is 11.6 Å². The first-order chi connectivity index (χ1) is 6.84. The fourth-order valence-corrected chi connectivity index (χ4v) is 1.29. The molecule has 69 valence electrons. The lowest BCUT2D eigenvalue weighted by atomic mass is 10.3. The first-order valence-corrected chi connectivity index (χ1v) is 4.62. The van der Waals surface area contributed by atoms with Crippen molar-refractivity contribution in [3.63, 3.8) is 0 Å². The predicted molar refractivity (Wildman–Crippen MR) is 56.8 cm³/mol. The summed E-state index contributed by atoms with van der Waals surface area (Å²) in [5, 5.41) is 0.671. The minimum absolute atomic E-state index is 0.671. The summed E-state index contributed by atoms with van der Waals surface area (Å²) in [6.07, 6.45) is 0. The highest BCUT2D eigenvalue weighted by molar-refractivity contribution is 6.30. The molecule has 1 radical (unpaired) electrons. The molecule has 2 aromatic carbocycles. The quantitative estimate of drug-likeness (QED) is 0.719. The summed E-state index contributed by atoms with van der Waals surface area (Å²) in [6, 6.07) is 17.5. The van der Waals surface area contributed by atoms with Crippen molar-refractivity contribution in [1.82, 2.24) is 0 Å². The van der Waals surface area contributed by atoms with Crippen molar-refractivity contribution in [2.75, 3.05) is 0 Å². The second-order valence-electron chi connectivity index (χ2n) is 2.80. The lowest BCUT2D eigenvalue weighted by molar-refractivity contribution is 0.482. The Kier molecular flexibility index (Phi) is 2.70. The van der Waals surface area contributed by atoms with Crippen molar-refractivity contribution in [3.05, 3.63) is 59.6 Å². The van der Waals surface area contributed by atoms with Gasteiger partial charge in [0.1, 0.15) is 11.5 Å². The van der Waals surface area contributed by atoms with Gasteiger partial charge in [-0.25, -0.2) is 0 Å². The molecule has 2 rings (SSSR count). The normalized spacial score (nSPS) is 9.79. The standard InChI is InChI=1S/C12H8ClO/c13-10-5-4-8-12(9-10)14-11-6-2-1-3-7-11/h2-9H. The molecule has 0 unspecified atom stereocenters. The second kappa shape index (κ2) is 4.16. The maximum atomic E-state index is 5.82. The van der Waals surface area contributed by atoms with Crippen LogP contribution in [-0.4, -0.2) is 0 Å². The molecule has 0 amide bonds. The summed E-state index contributed by atoms with van der Waals surface area (Å²) in [4.78, 5) is 0. The van der Waals surface area contributed by atoms with Crippen LogP contribution in [0.5, 0.6) is 11.5 Å². The van der Waals surface area contributed by atoms with Gasteiger partial charge in [0.05, 0.1) is 0 Å². The van der Waals surface area contributed by atoms with Gasteiger partial charge in [0.2, 0.25) is 0 Å². The van der Waals surface area contributed by atoms with E-state index >= 15 is 0 Å². The van der Waals surface area contributed by atoms with Gasteiger partial charge in [0.15, 0.2) is 0 Å². The van der Waals surface area contributed by atoms with Crippen molar-refractivity contribution in [3.8, 4) is 11.5 Å². The van der Waals surface area contributed by atoms with E-state index in [9.17, 15) is 0 Å². The zero-order chi connectivity index (χ0) is 9.80.